The molecule has 2 rings (SSSR count). The first-order valence-corrected chi connectivity index (χ1v) is 9.54. The predicted octanol–water partition coefficient (Wildman–Crippen LogP) is 2.07. The molecule has 0 radical (unpaired) electrons. The zero-order chi connectivity index (χ0) is 18.8. The van der Waals surface area contributed by atoms with Crippen LogP contribution in [0.2, 0.25) is 0 Å². The molecule has 0 saturated carbocycles. The van der Waals surface area contributed by atoms with Gasteiger partial charge in [0.1, 0.15) is 0 Å². The minimum atomic E-state index is -0.125. The van der Waals surface area contributed by atoms with Crippen LogP contribution < -0.4 is 0 Å². The third kappa shape index (κ3) is 5.75. The summed E-state index contributed by atoms with van der Waals surface area (Å²) >= 11 is 1.28. The SMILES string of the molecule is N#CCCN(CCC#N)C(=O)CSc1ccc(C(=O)N2CCCC2)cn1. The number of hydrogen-bond donors (Lipinski definition) is 0. The number of hydrogen-bond acceptors (Lipinski definition) is 6. The van der Waals surface area contributed by atoms with Gasteiger partial charge >= 0.3 is 0 Å². The van der Waals surface area contributed by atoms with E-state index in [4.69, 9.17) is 10.5 Å². The Bertz CT molecular complexity index is 684. The van der Waals surface area contributed by atoms with Gasteiger partial charge in [-0.25, -0.2) is 4.98 Å². The Morgan fingerprint density at radius 2 is 1.81 bits per heavy atom. The van der Waals surface area contributed by atoms with E-state index in [9.17, 15) is 9.59 Å². The number of pyridine rings is 1. The Labute approximate surface area is 157 Å². The molecule has 136 valence electrons. The molecule has 1 aliphatic heterocycles. The maximum atomic E-state index is 12.3. The van der Waals surface area contributed by atoms with Crippen LogP contribution in [0.15, 0.2) is 23.4 Å². The first-order chi connectivity index (χ1) is 12.7. The van der Waals surface area contributed by atoms with Gasteiger partial charge in [0.25, 0.3) is 5.91 Å². The molecule has 2 heterocycles. The zero-order valence-corrected chi connectivity index (χ0v) is 15.4. The lowest BCUT2D eigenvalue weighted by molar-refractivity contribution is -0.128. The summed E-state index contributed by atoms with van der Waals surface area (Å²) in [6, 6.07) is 7.51. The van der Waals surface area contributed by atoms with Crippen LogP contribution in [-0.4, -0.2) is 58.5 Å². The predicted molar refractivity (Wildman–Crippen MR) is 97.1 cm³/mol. The van der Waals surface area contributed by atoms with Crippen LogP contribution in [0.4, 0.5) is 0 Å². The highest BCUT2D eigenvalue weighted by molar-refractivity contribution is 7.99. The number of rotatable bonds is 8. The minimum Gasteiger partial charge on any atom is -0.340 e. The van der Waals surface area contributed by atoms with Gasteiger partial charge < -0.3 is 9.80 Å². The van der Waals surface area contributed by atoms with Gasteiger partial charge in [0.2, 0.25) is 5.91 Å². The lowest BCUT2D eigenvalue weighted by Gasteiger charge is -2.20. The fourth-order valence-corrected chi connectivity index (χ4v) is 3.40. The van der Waals surface area contributed by atoms with Crippen molar-refractivity contribution in [3.63, 3.8) is 0 Å². The minimum absolute atomic E-state index is 0.00167. The Morgan fingerprint density at radius 3 is 2.35 bits per heavy atom. The molecule has 0 aromatic carbocycles. The second-order valence-electron chi connectivity index (χ2n) is 5.87. The number of thioether (sulfide) groups is 1. The largest absolute Gasteiger partial charge is 0.340 e. The summed E-state index contributed by atoms with van der Waals surface area (Å²) in [5.41, 5.74) is 0.562. The van der Waals surface area contributed by atoms with Crippen LogP contribution in [-0.2, 0) is 4.79 Å². The zero-order valence-electron chi connectivity index (χ0n) is 14.6. The van der Waals surface area contributed by atoms with E-state index in [0.29, 0.717) is 23.7 Å². The van der Waals surface area contributed by atoms with Crippen molar-refractivity contribution in [2.75, 3.05) is 31.9 Å². The number of carbonyl (C=O) groups excluding carboxylic acids is 2. The molecular formula is C18H21N5O2S. The van der Waals surface area contributed by atoms with Crippen LogP contribution in [0.5, 0.6) is 0 Å². The Morgan fingerprint density at radius 1 is 1.15 bits per heavy atom. The second kappa shape index (κ2) is 10.4. The Hall–Kier alpha value is -2.58. The van der Waals surface area contributed by atoms with E-state index in [1.54, 1.807) is 18.3 Å². The van der Waals surface area contributed by atoms with Gasteiger partial charge in [-0.3, -0.25) is 9.59 Å². The number of nitrogens with zero attached hydrogens (tertiary/aromatic N) is 5. The summed E-state index contributed by atoms with van der Waals surface area (Å²) in [6.07, 6.45) is 4.13. The molecule has 1 aliphatic rings. The van der Waals surface area contributed by atoms with Gasteiger partial charge in [-0.15, -0.1) is 0 Å². The molecule has 0 atom stereocenters. The topological polar surface area (TPSA) is 101 Å². The average molecular weight is 371 g/mol. The molecule has 0 N–H and O–H groups in total. The third-order valence-corrected chi connectivity index (χ3v) is 4.99. The van der Waals surface area contributed by atoms with Crippen LogP contribution >= 0.6 is 11.8 Å². The number of nitriles is 2. The fourth-order valence-electron chi connectivity index (χ4n) is 2.65. The summed E-state index contributed by atoms with van der Waals surface area (Å²) in [5.74, 6) is 0.0600. The molecule has 1 fully saturated rings. The van der Waals surface area contributed by atoms with Crippen LogP contribution in [0.3, 0.4) is 0 Å². The molecule has 1 aromatic heterocycles. The van der Waals surface area contributed by atoms with Crippen LogP contribution in [0.1, 0.15) is 36.0 Å². The molecule has 7 nitrogen and oxygen atoms in total. The maximum absolute atomic E-state index is 12.3. The third-order valence-electron chi connectivity index (χ3n) is 4.06. The summed E-state index contributed by atoms with van der Waals surface area (Å²) < 4.78 is 0. The van der Waals surface area contributed by atoms with Gasteiger partial charge in [-0.05, 0) is 25.0 Å². The quantitative estimate of drug-likeness (QED) is 0.648. The maximum Gasteiger partial charge on any atom is 0.255 e. The summed E-state index contributed by atoms with van der Waals surface area (Å²) in [5, 5.41) is 18.0. The average Bonchev–Trinajstić information content (AvgIpc) is 3.21. The van der Waals surface area contributed by atoms with E-state index < -0.39 is 0 Å². The van der Waals surface area contributed by atoms with Crippen LogP contribution in [0, 0.1) is 22.7 Å². The van der Waals surface area contributed by atoms with Crippen LogP contribution in [0.25, 0.3) is 0 Å². The van der Waals surface area contributed by atoms with Gasteiger partial charge in [-0.2, -0.15) is 10.5 Å². The van der Waals surface area contributed by atoms with E-state index in [-0.39, 0.29) is 30.4 Å². The van der Waals surface area contributed by atoms with Crippen molar-refractivity contribution >= 4 is 23.6 Å². The Balaban J connectivity index is 1.87. The molecule has 1 aromatic rings. The molecule has 1 saturated heterocycles. The highest BCUT2D eigenvalue weighted by atomic mass is 32.2. The highest BCUT2D eigenvalue weighted by Crippen LogP contribution is 2.18. The van der Waals surface area contributed by atoms with Crippen molar-refractivity contribution < 1.29 is 9.59 Å². The van der Waals surface area contributed by atoms with E-state index in [1.165, 1.54) is 16.7 Å². The first-order valence-electron chi connectivity index (χ1n) is 8.55. The molecule has 8 heteroatoms. The van der Waals surface area contributed by atoms with Crippen molar-refractivity contribution in [2.24, 2.45) is 0 Å². The molecule has 0 spiro atoms. The van der Waals surface area contributed by atoms with E-state index in [0.717, 1.165) is 25.9 Å². The Kier molecular flexibility index (Phi) is 7.91. The fraction of sp³-hybridized carbons (Fsp3) is 0.500. The van der Waals surface area contributed by atoms with E-state index in [1.807, 2.05) is 17.0 Å². The van der Waals surface area contributed by atoms with Gasteiger partial charge in [0, 0.05) is 32.4 Å². The van der Waals surface area contributed by atoms with Gasteiger partial charge in [-0.1, -0.05) is 11.8 Å². The van der Waals surface area contributed by atoms with E-state index >= 15 is 0 Å². The lowest BCUT2D eigenvalue weighted by atomic mass is 10.2. The second-order valence-corrected chi connectivity index (χ2v) is 6.87. The number of amides is 2. The standard InChI is InChI=1S/C18H21N5O2S/c19-7-3-11-22(12-4-8-20)17(24)14-26-16-6-5-15(13-21-16)18(25)23-9-1-2-10-23/h5-6,13H,1-4,9-12,14H2. The lowest BCUT2D eigenvalue weighted by Crippen LogP contribution is -2.34. The molecule has 2 amide bonds. The van der Waals surface area contributed by atoms with Gasteiger partial charge in [0.05, 0.1) is 41.3 Å². The number of carbonyl (C=O) groups is 2. The molecule has 0 aliphatic carbocycles. The van der Waals surface area contributed by atoms with Crippen molar-refractivity contribution in [3.8, 4) is 12.1 Å². The number of likely N-dealkylation sites (tertiary alicyclic amines) is 1. The van der Waals surface area contributed by atoms with Crippen molar-refractivity contribution in [1.29, 1.82) is 10.5 Å². The highest BCUT2D eigenvalue weighted by Gasteiger charge is 2.20. The summed E-state index contributed by atoms with van der Waals surface area (Å²) in [6.45, 7) is 2.25. The van der Waals surface area contributed by atoms with Crippen molar-refractivity contribution in [1.82, 2.24) is 14.8 Å². The molecule has 26 heavy (non-hydrogen) atoms. The summed E-state index contributed by atoms with van der Waals surface area (Å²) in [7, 11) is 0. The molecule has 0 bridgehead atoms. The normalized spacial score (nSPS) is 13.1. The van der Waals surface area contributed by atoms with Crippen molar-refractivity contribution in [2.45, 2.75) is 30.7 Å². The monoisotopic (exact) mass is 371 g/mol. The molecule has 0 unspecified atom stereocenters. The summed E-state index contributed by atoms with van der Waals surface area (Å²) in [4.78, 5) is 32.2. The van der Waals surface area contributed by atoms with Gasteiger partial charge in [0.15, 0.2) is 0 Å². The number of aromatic nitrogens is 1. The van der Waals surface area contributed by atoms with Crippen molar-refractivity contribution in [3.05, 3.63) is 23.9 Å². The smallest absolute Gasteiger partial charge is 0.255 e. The molecular weight excluding hydrogens is 350 g/mol. The van der Waals surface area contributed by atoms with E-state index in [2.05, 4.69) is 4.98 Å². The first kappa shape index (κ1) is 19.7.